The first-order valence-corrected chi connectivity index (χ1v) is 12.8. The summed E-state index contributed by atoms with van der Waals surface area (Å²) in [5.41, 5.74) is -5.01. The summed E-state index contributed by atoms with van der Waals surface area (Å²) < 4.78 is 80.0. The lowest BCUT2D eigenvalue weighted by atomic mass is 9.85. The maximum atomic E-state index is 13.8. The van der Waals surface area contributed by atoms with Crippen molar-refractivity contribution in [3.05, 3.63) is 65.2 Å². The molecule has 0 saturated carbocycles. The van der Waals surface area contributed by atoms with Crippen LogP contribution < -0.4 is 10.2 Å². The Labute approximate surface area is 229 Å². The van der Waals surface area contributed by atoms with Gasteiger partial charge in [0.2, 0.25) is 5.91 Å². The summed E-state index contributed by atoms with van der Waals surface area (Å²) in [4.78, 5) is 55.7. The molecule has 5 rings (SSSR count). The Kier molecular flexibility index (Phi) is 6.98. The third kappa shape index (κ3) is 5.22. The summed E-state index contributed by atoms with van der Waals surface area (Å²) in [6.45, 7) is -0.457. The number of benzene rings is 2. The van der Waals surface area contributed by atoms with Gasteiger partial charge in [0.05, 0.1) is 17.7 Å². The second kappa shape index (κ2) is 10.1. The number of halogens is 6. The monoisotopic (exact) mass is 582 g/mol. The molecule has 3 heterocycles. The lowest BCUT2D eigenvalue weighted by Gasteiger charge is -2.42. The van der Waals surface area contributed by atoms with Crippen molar-refractivity contribution in [2.24, 2.45) is 0 Å². The molecular formula is C27H24F6N4O4. The lowest BCUT2D eigenvalue weighted by molar-refractivity contribution is -0.143. The molecule has 3 aliphatic rings. The van der Waals surface area contributed by atoms with Crippen molar-refractivity contribution >= 4 is 29.4 Å². The zero-order chi connectivity index (χ0) is 29.7. The number of rotatable bonds is 4. The van der Waals surface area contributed by atoms with E-state index in [0.717, 1.165) is 9.80 Å². The van der Waals surface area contributed by atoms with Crippen LogP contribution in [0.3, 0.4) is 0 Å². The van der Waals surface area contributed by atoms with Gasteiger partial charge in [0, 0.05) is 36.8 Å². The molecule has 0 radical (unpaired) electrons. The summed E-state index contributed by atoms with van der Waals surface area (Å²) in [7, 11) is 0. The van der Waals surface area contributed by atoms with Gasteiger partial charge in [-0.1, -0.05) is 18.2 Å². The van der Waals surface area contributed by atoms with Crippen LogP contribution in [0.2, 0.25) is 0 Å². The van der Waals surface area contributed by atoms with Crippen LogP contribution >= 0.6 is 0 Å². The fourth-order valence-electron chi connectivity index (χ4n) is 5.65. The normalized spacial score (nSPS) is 21.2. The Morgan fingerprint density at radius 2 is 1.49 bits per heavy atom. The molecule has 1 atom stereocenters. The molecule has 1 N–H and O–H groups in total. The fraction of sp³-hybridized carbons (Fsp3) is 0.407. The average Bonchev–Trinajstić information content (AvgIpc) is 3.42. The molecule has 3 saturated heterocycles. The standard InChI is InChI=1S/C27H24F6N4O4/c28-26(29,30)17-12-16(13-18(14-17)27(31,32)33)22(39)35-10-8-25(9-11-35)23(40)36(15-19-6-7-21(38)34-19)24(41)37(25)20-4-2-1-3-5-20/h1-5,12-14,19H,6-11,15H2,(H,34,38). The van der Waals surface area contributed by atoms with Crippen LogP contribution in [0.5, 0.6) is 0 Å². The summed E-state index contributed by atoms with van der Waals surface area (Å²) in [5.74, 6) is -1.79. The van der Waals surface area contributed by atoms with Crippen LogP contribution in [-0.2, 0) is 21.9 Å². The first-order chi connectivity index (χ1) is 19.2. The maximum Gasteiger partial charge on any atom is 0.416 e. The van der Waals surface area contributed by atoms with Crippen molar-refractivity contribution in [3.8, 4) is 0 Å². The van der Waals surface area contributed by atoms with Gasteiger partial charge >= 0.3 is 18.4 Å². The molecule has 14 heteroatoms. The van der Waals surface area contributed by atoms with E-state index in [1.165, 1.54) is 4.90 Å². The Balaban J connectivity index is 1.42. The highest BCUT2D eigenvalue weighted by molar-refractivity contribution is 6.17. The Bertz CT molecular complexity index is 1350. The largest absolute Gasteiger partial charge is 0.416 e. The molecule has 218 valence electrons. The van der Waals surface area contributed by atoms with Crippen LogP contribution in [0.25, 0.3) is 0 Å². The second-order valence-electron chi connectivity index (χ2n) is 10.3. The van der Waals surface area contributed by atoms with Crippen molar-refractivity contribution in [2.45, 2.75) is 49.6 Å². The maximum absolute atomic E-state index is 13.8. The molecule has 5 amide bonds. The van der Waals surface area contributed by atoms with E-state index in [4.69, 9.17) is 0 Å². The number of alkyl halides is 6. The minimum atomic E-state index is -5.11. The van der Waals surface area contributed by atoms with Gasteiger partial charge in [0.25, 0.3) is 11.8 Å². The summed E-state index contributed by atoms with van der Waals surface area (Å²) in [6, 6.07) is 7.98. The number of likely N-dealkylation sites (tertiary alicyclic amines) is 1. The van der Waals surface area contributed by atoms with E-state index in [1.54, 1.807) is 30.3 Å². The number of hydrogen-bond acceptors (Lipinski definition) is 4. The number of nitrogens with zero attached hydrogens (tertiary/aromatic N) is 3. The van der Waals surface area contributed by atoms with Gasteiger partial charge < -0.3 is 10.2 Å². The zero-order valence-corrected chi connectivity index (χ0v) is 21.4. The Morgan fingerprint density at radius 3 is 2.00 bits per heavy atom. The molecule has 1 unspecified atom stereocenters. The molecule has 3 aliphatic heterocycles. The van der Waals surface area contributed by atoms with Crippen LogP contribution in [0.15, 0.2) is 48.5 Å². The summed E-state index contributed by atoms with van der Waals surface area (Å²) in [6.07, 6.45) is -9.73. The van der Waals surface area contributed by atoms with Gasteiger partial charge in [-0.2, -0.15) is 26.3 Å². The number of amides is 5. The topological polar surface area (TPSA) is 90.0 Å². The second-order valence-corrected chi connectivity index (χ2v) is 10.3. The number of carbonyl (C=O) groups is 4. The van der Waals surface area contributed by atoms with E-state index in [1.807, 2.05) is 0 Å². The van der Waals surface area contributed by atoms with Gasteiger partial charge in [-0.05, 0) is 49.6 Å². The zero-order valence-electron chi connectivity index (χ0n) is 21.4. The van der Waals surface area contributed by atoms with E-state index in [9.17, 15) is 45.5 Å². The van der Waals surface area contributed by atoms with Gasteiger partial charge in [-0.3, -0.25) is 24.2 Å². The Hall–Kier alpha value is -4.10. The van der Waals surface area contributed by atoms with Crippen LogP contribution in [0.1, 0.15) is 47.2 Å². The molecule has 0 aliphatic carbocycles. The van der Waals surface area contributed by atoms with Crippen LogP contribution in [-0.4, -0.2) is 64.8 Å². The number of urea groups is 1. The van der Waals surface area contributed by atoms with E-state index < -0.39 is 58.5 Å². The fourth-order valence-corrected chi connectivity index (χ4v) is 5.65. The number of carbonyl (C=O) groups excluding carboxylic acids is 4. The minimum absolute atomic E-state index is 0.0517. The molecule has 3 fully saturated rings. The SMILES string of the molecule is O=C1CCC(CN2C(=O)N(c3ccccc3)C3(CCN(C(=O)c4cc(C(F)(F)F)cc(C(F)(F)F)c4)CC3)C2=O)N1. The first kappa shape index (κ1) is 28.4. The third-order valence-electron chi connectivity index (χ3n) is 7.71. The van der Waals surface area contributed by atoms with Gasteiger partial charge in [0.1, 0.15) is 5.54 Å². The number of imide groups is 1. The smallest absolute Gasteiger partial charge is 0.352 e. The number of anilines is 1. The number of piperidine rings is 1. The highest BCUT2D eigenvalue weighted by atomic mass is 19.4. The molecule has 2 aromatic rings. The van der Waals surface area contributed by atoms with Crippen LogP contribution in [0, 0.1) is 0 Å². The van der Waals surface area contributed by atoms with Crippen molar-refractivity contribution in [3.63, 3.8) is 0 Å². The van der Waals surface area contributed by atoms with E-state index in [0.29, 0.717) is 24.2 Å². The third-order valence-corrected chi connectivity index (χ3v) is 7.71. The number of para-hydroxylation sites is 1. The van der Waals surface area contributed by atoms with E-state index in [2.05, 4.69) is 5.32 Å². The quantitative estimate of drug-likeness (QED) is 0.427. The van der Waals surface area contributed by atoms with Crippen LogP contribution in [0.4, 0.5) is 36.8 Å². The average molecular weight is 583 g/mol. The number of nitrogens with one attached hydrogen (secondary N) is 1. The summed E-state index contributed by atoms with van der Waals surface area (Å²) >= 11 is 0. The van der Waals surface area contributed by atoms with Crippen molar-refractivity contribution < 1.29 is 45.5 Å². The highest BCUT2D eigenvalue weighted by Gasteiger charge is 2.59. The van der Waals surface area contributed by atoms with Gasteiger partial charge in [0.15, 0.2) is 0 Å². The lowest BCUT2D eigenvalue weighted by Crippen LogP contribution is -2.57. The van der Waals surface area contributed by atoms with Gasteiger partial charge in [-0.25, -0.2) is 4.79 Å². The first-order valence-electron chi connectivity index (χ1n) is 12.8. The molecule has 0 bridgehead atoms. The molecule has 2 aromatic carbocycles. The molecular weight excluding hydrogens is 558 g/mol. The molecule has 8 nitrogen and oxygen atoms in total. The predicted molar refractivity (Wildman–Crippen MR) is 132 cm³/mol. The van der Waals surface area contributed by atoms with Crippen molar-refractivity contribution in [2.75, 3.05) is 24.5 Å². The van der Waals surface area contributed by atoms with Crippen molar-refractivity contribution in [1.29, 1.82) is 0 Å². The predicted octanol–water partition coefficient (Wildman–Crippen LogP) is 4.45. The number of hydrogen-bond donors (Lipinski definition) is 1. The highest BCUT2D eigenvalue weighted by Crippen LogP contribution is 2.42. The molecule has 41 heavy (non-hydrogen) atoms. The van der Waals surface area contributed by atoms with Crippen molar-refractivity contribution in [1.82, 2.24) is 15.1 Å². The Morgan fingerprint density at radius 1 is 0.902 bits per heavy atom. The summed E-state index contributed by atoms with van der Waals surface area (Å²) in [5, 5.41) is 2.72. The molecule has 0 aromatic heterocycles. The van der Waals surface area contributed by atoms with Gasteiger partial charge in [-0.15, -0.1) is 0 Å². The van der Waals surface area contributed by atoms with E-state index >= 15 is 0 Å². The minimum Gasteiger partial charge on any atom is -0.352 e. The van der Waals surface area contributed by atoms with E-state index in [-0.39, 0.29) is 50.9 Å². The molecule has 1 spiro atoms.